The van der Waals surface area contributed by atoms with Gasteiger partial charge in [0.1, 0.15) is 18.4 Å². The molecule has 1 aliphatic rings. The Hall–Kier alpha value is -3.46. The van der Waals surface area contributed by atoms with Crippen molar-refractivity contribution < 1.29 is 36.9 Å². The smallest absolute Gasteiger partial charge is 0.416 e. The summed E-state index contributed by atoms with van der Waals surface area (Å²) in [7, 11) is 0. The monoisotopic (exact) mass is 619 g/mol. The fourth-order valence-electron chi connectivity index (χ4n) is 5.15. The number of fused-ring (bicyclic) bond motifs is 1. The van der Waals surface area contributed by atoms with Gasteiger partial charge in [0.25, 0.3) is 0 Å². The van der Waals surface area contributed by atoms with Gasteiger partial charge >= 0.3 is 13.1 Å². The summed E-state index contributed by atoms with van der Waals surface area (Å²) in [5.41, 5.74) is 18.6. The SMILES string of the molecule is CB1OC(C)(C)c2ccc(CC(=O)[C@@H](COc3ccc(C(F)(F)F)cc3)NC(=O)[C@@H](N)CCC(=O)N(CCN)CCN)cc21. The Morgan fingerprint density at radius 3 is 2.30 bits per heavy atom. The zero-order valence-corrected chi connectivity index (χ0v) is 25.3. The van der Waals surface area contributed by atoms with E-state index in [0.717, 1.165) is 35.3 Å². The molecule has 7 N–H and O–H groups in total. The van der Waals surface area contributed by atoms with Gasteiger partial charge in [-0.05, 0) is 61.1 Å². The minimum atomic E-state index is -4.51. The summed E-state index contributed by atoms with van der Waals surface area (Å²) < 4.78 is 50.5. The molecule has 0 saturated carbocycles. The predicted molar refractivity (Wildman–Crippen MR) is 161 cm³/mol. The highest BCUT2D eigenvalue weighted by atomic mass is 19.4. The van der Waals surface area contributed by atoms with E-state index in [0.29, 0.717) is 18.7 Å². The second kappa shape index (κ2) is 15.0. The van der Waals surface area contributed by atoms with Gasteiger partial charge in [-0.15, -0.1) is 0 Å². The van der Waals surface area contributed by atoms with Gasteiger partial charge in [-0.1, -0.05) is 25.0 Å². The molecule has 0 radical (unpaired) electrons. The molecular weight excluding hydrogens is 578 g/mol. The van der Waals surface area contributed by atoms with Crippen molar-refractivity contribution in [3.8, 4) is 5.75 Å². The molecule has 0 aliphatic carbocycles. The minimum absolute atomic E-state index is 0.00940. The number of nitrogens with two attached hydrogens (primary N) is 3. The Morgan fingerprint density at radius 2 is 1.70 bits per heavy atom. The Morgan fingerprint density at radius 1 is 1.07 bits per heavy atom. The molecule has 1 heterocycles. The van der Waals surface area contributed by atoms with Gasteiger partial charge in [-0.3, -0.25) is 14.4 Å². The van der Waals surface area contributed by atoms with Crippen LogP contribution in [-0.2, 0) is 37.2 Å². The van der Waals surface area contributed by atoms with Crippen molar-refractivity contribution in [2.24, 2.45) is 17.2 Å². The Bertz CT molecular complexity index is 1300. The van der Waals surface area contributed by atoms with Crippen molar-refractivity contribution in [2.45, 2.75) is 63.8 Å². The largest absolute Gasteiger partial charge is 0.491 e. The maximum Gasteiger partial charge on any atom is 0.416 e. The average molecular weight is 619 g/mol. The van der Waals surface area contributed by atoms with E-state index < -0.39 is 41.1 Å². The van der Waals surface area contributed by atoms with Crippen LogP contribution in [0.5, 0.6) is 5.75 Å². The zero-order chi connectivity index (χ0) is 32.7. The third kappa shape index (κ3) is 9.27. The molecule has 0 aromatic heterocycles. The summed E-state index contributed by atoms with van der Waals surface area (Å²) in [4.78, 5) is 40.6. The van der Waals surface area contributed by atoms with Crippen LogP contribution < -0.4 is 32.7 Å². The van der Waals surface area contributed by atoms with Gasteiger partial charge < -0.3 is 36.8 Å². The summed E-state index contributed by atoms with van der Waals surface area (Å²) in [6, 6.07) is 7.36. The first kappa shape index (κ1) is 35.0. The van der Waals surface area contributed by atoms with Gasteiger partial charge in [0.15, 0.2) is 5.78 Å². The van der Waals surface area contributed by atoms with Crippen molar-refractivity contribution in [3.63, 3.8) is 0 Å². The second-order valence-corrected chi connectivity index (χ2v) is 11.3. The van der Waals surface area contributed by atoms with Crippen LogP contribution >= 0.6 is 0 Å². The van der Waals surface area contributed by atoms with Crippen molar-refractivity contribution >= 4 is 30.0 Å². The standard InChI is InChI=1S/C30H41BF3N5O5/c1-29(2)22-9-4-19(16-23(22)31(3)44-29)17-26(40)25(18-43-21-7-5-20(6-8-21)30(32,33)34)38-28(42)24(37)10-11-27(41)39(14-12-35)15-13-36/h4-9,16,24-25H,10-15,17-18,35-37H2,1-3H3,(H,38,42)/t24-,25+/m0/s1. The van der Waals surface area contributed by atoms with Crippen LogP contribution in [0.2, 0.25) is 6.82 Å². The predicted octanol–water partition coefficient (Wildman–Crippen LogP) is 1.33. The van der Waals surface area contributed by atoms with Crippen LogP contribution in [0.3, 0.4) is 0 Å². The van der Waals surface area contributed by atoms with E-state index in [-0.39, 0.29) is 57.5 Å². The van der Waals surface area contributed by atoms with Gasteiger partial charge in [0, 0.05) is 39.0 Å². The van der Waals surface area contributed by atoms with Crippen LogP contribution in [0, 0.1) is 0 Å². The van der Waals surface area contributed by atoms with E-state index in [9.17, 15) is 27.6 Å². The number of halogens is 3. The van der Waals surface area contributed by atoms with Crippen LogP contribution in [0.1, 0.15) is 43.4 Å². The van der Waals surface area contributed by atoms with Crippen LogP contribution in [-0.4, -0.2) is 74.3 Å². The van der Waals surface area contributed by atoms with Crippen LogP contribution in [0.25, 0.3) is 0 Å². The van der Waals surface area contributed by atoms with E-state index >= 15 is 0 Å². The van der Waals surface area contributed by atoms with E-state index in [1.54, 1.807) is 0 Å². The third-order valence-electron chi connectivity index (χ3n) is 7.51. The first-order valence-corrected chi connectivity index (χ1v) is 14.5. The summed E-state index contributed by atoms with van der Waals surface area (Å²) in [5.74, 6) is -1.23. The fraction of sp³-hybridized carbons (Fsp3) is 0.500. The Kier molecular flexibility index (Phi) is 12.0. The molecule has 14 heteroatoms. The van der Waals surface area contributed by atoms with Crippen LogP contribution in [0.15, 0.2) is 42.5 Å². The molecule has 2 aromatic carbocycles. The maximum absolute atomic E-state index is 13.5. The van der Waals surface area contributed by atoms with Gasteiger partial charge in [-0.25, -0.2) is 0 Å². The van der Waals surface area contributed by atoms with Crippen molar-refractivity contribution in [3.05, 3.63) is 59.2 Å². The highest BCUT2D eigenvalue weighted by molar-refractivity contribution is 6.67. The highest BCUT2D eigenvalue weighted by Crippen LogP contribution is 2.31. The lowest BCUT2D eigenvalue weighted by Gasteiger charge is -2.23. The number of hydrogen-bond donors (Lipinski definition) is 4. The molecule has 10 nitrogen and oxygen atoms in total. The number of rotatable bonds is 15. The number of nitrogens with zero attached hydrogens (tertiary/aromatic N) is 1. The second-order valence-electron chi connectivity index (χ2n) is 11.3. The first-order chi connectivity index (χ1) is 20.7. The topological polar surface area (TPSA) is 163 Å². The highest BCUT2D eigenvalue weighted by Gasteiger charge is 2.38. The molecule has 1 aliphatic heterocycles. The maximum atomic E-state index is 13.5. The quantitative estimate of drug-likeness (QED) is 0.217. The molecule has 0 bridgehead atoms. The summed E-state index contributed by atoms with van der Waals surface area (Å²) >= 11 is 0. The van der Waals surface area contributed by atoms with E-state index in [1.165, 1.54) is 4.90 Å². The summed E-state index contributed by atoms with van der Waals surface area (Å²) in [6.07, 6.45) is -4.58. The number of benzene rings is 2. The number of ether oxygens (including phenoxy) is 1. The molecule has 0 fully saturated rings. The normalized spacial score (nSPS) is 15.3. The third-order valence-corrected chi connectivity index (χ3v) is 7.51. The van der Waals surface area contributed by atoms with Crippen LogP contribution in [0.4, 0.5) is 13.2 Å². The first-order valence-electron chi connectivity index (χ1n) is 14.5. The number of carbonyl (C=O) groups excluding carboxylic acids is 3. The molecule has 44 heavy (non-hydrogen) atoms. The Balaban J connectivity index is 1.72. The molecule has 240 valence electrons. The number of ketones is 1. The van der Waals surface area contributed by atoms with Gasteiger partial charge in [0.2, 0.25) is 11.8 Å². The molecule has 0 spiro atoms. The van der Waals surface area contributed by atoms with E-state index in [2.05, 4.69) is 5.32 Å². The summed E-state index contributed by atoms with van der Waals surface area (Å²) in [6.45, 7) is 6.51. The number of hydrogen-bond acceptors (Lipinski definition) is 8. The molecule has 3 rings (SSSR count). The molecule has 0 unspecified atom stereocenters. The number of carbonyl (C=O) groups is 3. The molecule has 2 atom stereocenters. The zero-order valence-electron chi connectivity index (χ0n) is 25.3. The van der Waals surface area contributed by atoms with Gasteiger partial charge in [0.05, 0.1) is 17.2 Å². The average Bonchev–Trinajstić information content (AvgIpc) is 3.20. The number of alkyl halides is 3. The minimum Gasteiger partial charge on any atom is -0.491 e. The number of amides is 2. The van der Waals surface area contributed by atoms with Crippen molar-refractivity contribution in [2.75, 3.05) is 32.8 Å². The molecule has 2 amide bonds. The molecule has 2 aromatic rings. The van der Waals surface area contributed by atoms with Crippen molar-refractivity contribution in [1.29, 1.82) is 0 Å². The number of Topliss-reactive ketones (excluding diaryl/α,β-unsaturated/α-hetero) is 1. The lowest BCUT2D eigenvalue weighted by atomic mass is 9.63. The molecular formula is C30H41BF3N5O5. The number of nitrogens with one attached hydrogen (secondary N) is 1. The van der Waals surface area contributed by atoms with E-state index in [1.807, 2.05) is 38.9 Å². The fourth-order valence-corrected chi connectivity index (χ4v) is 5.15. The van der Waals surface area contributed by atoms with Gasteiger partial charge in [-0.2, -0.15) is 13.2 Å². The van der Waals surface area contributed by atoms with E-state index in [4.69, 9.17) is 26.6 Å². The molecule has 0 saturated heterocycles. The lowest BCUT2D eigenvalue weighted by molar-refractivity contribution is -0.137. The van der Waals surface area contributed by atoms with Crippen molar-refractivity contribution in [1.82, 2.24) is 10.2 Å². The summed E-state index contributed by atoms with van der Waals surface area (Å²) in [5, 5.41) is 2.61. The lowest BCUT2D eigenvalue weighted by Crippen LogP contribution is -2.51. The Labute approximate surface area is 255 Å².